The Morgan fingerprint density at radius 3 is 2.57 bits per heavy atom. The molecule has 3 aromatic rings. The van der Waals surface area contributed by atoms with Gasteiger partial charge in [-0.05, 0) is 36.3 Å². The minimum Gasteiger partial charge on any atom is -0.367 e. The lowest BCUT2D eigenvalue weighted by Gasteiger charge is -2.23. The predicted molar refractivity (Wildman–Crippen MR) is 114 cm³/mol. The first-order valence-electron chi connectivity index (χ1n) is 8.91. The summed E-state index contributed by atoms with van der Waals surface area (Å²) in [5.74, 6) is -0.458. The summed E-state index contributed by atoms with van der Waals surface area (Å²) < 4.78 is 0. The number of hydrogen-bond acceptors (Lipinski definition) is 5. The fourth-order valence-electron chi connectivity index (χ4n) is 2.74. The molecule has 3 rings (SSSR count). The lowest BCUT2D eigenvalue weighted by molar-refractivity contribution is -0.112. The highest BCUT2D eigenvalue weighted by Gasteiger charge is 2.11. The minimum atomic E-state index is -0.458. The van der Waals surface area contributed by atoms with Crippen molar-refractivity contribution in [2.24, 2.45) is 0 Å². The van der Waals surface area contributed by atoms with Gasteiger partial charge in [0.05, 0.1) is 0 Å². The van der Waals surface area contributed by atoms with Crippen LogP contribution in [-0.2, 0) is 11.3 Å². The fourth-order valence-corrected chi connectivity index (χ4v) is 3.26. The number of rotatable bonds is 7. The van der Waals surface area contributed by atoms with E-state index in [1.54, 1.807) is 17.7 Å². The van der Waals surface area contributed by atoms with Crippen molar-refractivity contribution in [2.45, 2.75) is 13.5 Å². The summed E-state index contributed by atoms with van der Waals surface area (Å²) in [4.78, 5) is 18.5. The molecule has 0 unspecified atom stereocenters. The maximum Gasteiger partial charge on any atom is 0.268 e. The second kappa shape index (κ2) is 9.49. The molecule has 0 aliphatic carbocycles. The average molecular weight is 388 g/mol. The second-order valence-electron chi connectivity index (χ2n) is 6.05. The third kappa shape index (κ3) is 5.06. The van der Waals surface area contributed by atoms with Gasteiger partial charge in [-0.3, -0.25) is 10.1 Å². The van der Waals surface area contributed by atoms with Gasteiger partial charge in [0.25, 0.3) is 5.91 Å². The van der Waals surface area contributed by atoms with E-state index in [0.717, 1.165) is 24.3 Å². The number of benzene rings is 2. The molecule has 0 aliphatic heterocycles. The number of nitrogens with zero attached hydrogens (tertiary/aromatic N) is 3. The Balaban J connectivity index is 1.72. The van der Waals surface area contributed by atoms with Crippen LogP contribution in [0.1, 0.15) is 18.1 Å². The van der Waals surface area contributed by atoms with Crippen LogP contribution < -0.4 is 10.2 Å². The predicted octanol–water partition coefficient (Wildman–Crippen LogP) is 4.72. The summed E-state index contributed by atoms with van der Waals surface area (Å²) in [5.41, 5.74) is 3.18. The Bertz CT molecular complexity index is 974. The Kier molecular flexibility index (Phi) is 6.55. The Morgan fingerprint density at radius 2 is 1.96 bits per heavy atom. The van der Waals surface area contributed by atoms with Gasteiger partial charge in [0.1, 0.15) is 11.6 Å². The maximum absolute atomic E-state index is 12.2. The van der Waals surface area contributed by atoms with Crippen LogP contribution in [0, 0.1) is 11.3 Å². The first kappa shape index (κ1) is 19.3. The van der Waals surface area contributed by atoms with E-state index in [0.29, 0.717) is 5.13 Å². The molecule has 0 spiro atoms. The minimum absolute atomic E-state index is 0.0413. The van der Waals surface area contributed by atoms with E-state index in [-0.39, 0.29) is 5.57 Å². The molecule has 1 N–H and O–H groups in total. The zero-order valence-electron chi connectivity index (χ0n) is 15.5. The van der Waals surface area contributed by atoms with Crippen LogP contribution in [0.4, 0.5) is 10.8 Å². The van der Waals surface area contributed by atoms with E-state index in [2.05, 4.69) is 34.3 Å². The third-order valence-corrected chi connectivity index (χ3v) is 4.87. The number of carbonyl (C=O) groups is 1. The number of aromatic nitrogens is 1. The van der Waals surface area contributed by atoms with Gasteiger partial charge >= 0.3 is 0 Å². The normalized spacial score (nSPS) is 10.9. The monoisotopic (exact) mass is 388 g/mol. The van der Waals surface area contributed by atoms with Crippen molar-refractivity contribution in [2.75, 3.05) is 16.8 Å². The number of anilines is 2. The molecular weight excluding hydrogens is 368 g/mol. The van der Waals surface area contributed by atoms with Gasteiger partial charge in [0.2, 0.25) is 0 Å². The van der Waals surface area contributed by atoms with E-state index in [9.17, 15) is 10.1 Å². The first-order valence-corrected chi connectivity index (χ1v) is 9.79. The molecule has 5 nitrogen and oxygen atoms in total. The van der Waals surface area contributed by atoms with Crippen LogP contribution in [0.3, 0.4) is 0 Å². The average Bonchev–Trinajstić information content (AvgIpc) is 3.24. The highest BCUT2D eigenvalue weighted by Crippen LogP contribution is 2.20. The molecule has 0 saturated carbocycles. The van der Waals surface area contributed by atoms with Crippen LogP contribution in [-0.4, -0.2) is 17.4 Å². The smallest absolute Gasteiger partial charge is 0.268 e. The molecule has 0 fully saturated rings. The van der Waals surface area contributed by atoms with Gasteiger partial charge in [-0.1, -0.05) is 42.5 Å². The summed E-state index contributed by atoms with van der Waals surface area (Å²) in [6.45, 7) is 3.82. The van der Waals surface area contributed by atoms with Gasteiger partial charge in [0.15, 0.2) is 5.13 Å². The van der Waals surface area contributed by atoms with Crippen molar-refractivity contribution < 1.29 is 4.79 Å². The van der Waals surface area contributed by atoms with Crippen LogP contribution in [0.15, 0.2) is 71.7 Å². The highest BCUT2D eigenvalue weighted by molar-refractivity contribution is 7.13. The second-order valence-corrected chi connectivity index (χ2v) is 6.95. The topological polar surface area (TPSA) is 69.0 Å². The Labute approximate surface area is 168 Å². The van der Waals surface area contributed by atoms with Crippen molar-refractivity contribution in [3.63, 3.8) is 0 Å². The van der Waals surface area contributed by atoms with Gasteiger partial charge < -0.3 is 4.90 Å². The van der Waals surface area contributed by atoms with Crippen LogP contribution in [0.2, 0.25) is 0 Å². The molecule has 0 radical (unpaired) electrons. The molecule has 1 heterocycles. The Morgan fingerprint density at radius 1 is 1.21 bits per heavy atom. The summed E-state index contributed by atoms with van der Waals surface area (Å²) >= 11 is 1.31. The number of nitriles is 1. The zero-order valence-corrected chi connectivity index (χ0v) is 16.3. The molecule has 28 heavy (non-hydrogen) atoms. The summed E-state index contributed by atoms with van der Waals surface area (Å²) in [6.07, 6.45) is 3.18. The first-order chi connectivity index (χ1) is 13.7. The summed E-state index contributed by atoms with van der Waals surface area (Å²) in [5, 5.41) is 14.2. The van der Waals surface area contributed by atoms with Gasteiger partial charge in [-0.25, -0.2) is 4.98 Å². The van der Waals surface area contributed by atoms with Gasteiger partial charge in [0, 0.05) is 30.4 Å². The molecular formula is C22H20N4OS. The number of thiazole rings is 1. The fraction of sp³-hybridized carbons (Fsp3) is 0.136. The van der Waals surface area contributed by atoms with E-state index in [1.165, 1.54) is 16.9 Å². The maximum atomic E-state index is 12.2. The molecule has 0 saturated heterocycles. The molecule has 0 aliphatic rings. The lowest BCUT2D eigenvalue weighted by Crippen LogP contribution is -2.21. The van der Waals surface area contributed by atoms with Crippen LogP contribution in [0.5, 0.6) is 0 Å². The Hall–Kier alpha value is -3.43. The molecule has 6 heteroatoms. The summed E-state index contributed by atoms with van der Waals surface area (Å²) in [6, 6.07) is 20.1. The van der Waals surface area contributed by atoms with Gasteiger partial charge in [-0.2, -0.15) is 5.26 Å². The highest BCUT2D eigenvalue weighted by atomic mass is 32.1. The molecule has 2 aromatic carbocycles. The molecule has 1 aromatic heterocycles. The van der Waals surface area contributed by atoms with Crippen molar-refractivity contribution in [3.8, 4) is 6.07 Å². The van der Waals surface area contributed by atoms with Crippen LogP contribution >= 0.6 is 11.3 Å². The molecule has 0 atom stereocenters. The lowest BCUT2D eigenvalue weighted by atomic mass is 10.1. The SMILES string of the molecule is CCN(Cc1ccccc1)c1ccc(/C=C(\C#N)C(=O)Nc2nccs2)cc1. The molecule has 140 valence electrons. The van der Waals surface area contributed by atoms with Crippen LogP contribution in [0.25, 0.3) is 6.08 Å². The zero-order chi connectivity index (χ0) is 19.8. The standard InChI is InChI=1S/C22H20N4OS/c1-2-26(16-18-6-4-3-5-7-18)20-10-8-17(9-11-20)14-19(15-23)21(27)25-22-24-12-13-28-22/h3-14H,2,16H2,1H3,(H,24,25,27)/b19-14+. The van der Waals surface area contributed by atoms with E-state index in [4.69, 9.17) is 0 Å². The third-order valence-electron chi connectivity index (χ3n) is 4.19. The van der Waals surface area contributed by atoms with Gasteiger partial charge in [-0.15, -0.1) is 11.3 Å². The number of amides is 1. The largest absolute Gasteiger partial charge is 0.367 e. The van der Waals surface area contributed by atoms with E-state index in [1.807, 2.05) is 48.5 Å². The van der Waals surface area contributed by atoms with E-state index < -0.39 is 5.91 Å². The van der Waals surface area contributed by atoms with Crippen molar-refractivity contribution in [1.82, 2.24) is 4.98 Å². The van der Waals surface area contributed by atoms with Crippen molar-refractivity contribution in [3.05, 3.63) is 82.9 Å². The quantitative estimate of drug-likeness (QED) is 0.470. The van der Waals surface area contributed by atoms with Crippen molar-refractivity contribution >= 4 is 34.1 Å². The number of hydrogen-bond donors (Lipinski definition) is 1. The molecule has 0 bridgehead atoms. The summed E-state index contributed by atoms with van der Waals surface area (Å²) in [7, 11) is 0. The number of nitrogens with one attached hydrogen (secondary N) is 1. The number of carbonyl (C=O) groups excluding carboxylic acids is 1. The van der Waals surface area contributed by atoms with Crippen molar-refractivity contribution in [1.29, 1.82) is 5.26 Å². The molecule has 1 amide bonds. The van der Waals surface area contributed by atoms with E-state index >= 15 is 0 Å².